The van der Waals surface area contributed by atoms with E-state index in [4.69, 9.17) is 5.73 Å². The lowest BCUT2D eigenvalue weighted by Crippen LogP contribution is -2.42. The van der Waals surface area contributed by atoms with Gasteiger partial charge in [-0.3, -0.25) is 9.69 Å². The maximum Gasteiger partial charge on any atom is 0.242 e. The molecule has 23 heavy (non-hydrogen) atoms. The van der Waals surface area contributed by atoms with E-state index in [2.05, 4.69) is 22.2 Å². The van der Waals surface area contributed by atoms with Crippen LogP contribution in [0.3, 0.4) is 0 Å². The monoisotopic (exact) mass is 365 g/mol. The van der Waals surface area contributed by atoms with E-state index in [9.17, 15) is 4.79 Å². The second kappa shape index (κ2) is 8.87. The molecule has 2 atom stereocenters. The number of likely N-dealkylation sites (tertiary alicyclic amines) is 1. The van der Waals surface area contributed by atoms with Crippen molar-refractivity contribution in [2.45, 2.75) is 46.2 Å². The fraction of sp³-hybridized carbons (Fsp3) is 0.733. The highest BCUT2D eigenvalue weighted by Gasteiger charge is 2.36. The zero-order valence-corrected chi connectivity index (χ0v) is 15.9. The Balaban J connectivity index is 0.00000242. The maximum atomic E-state index is 12.4. The first kappa shape index (κ1) is 22.2. The molecule has 1 aliphatic heterocycles. The molecule has 134 valence electrons. The summed E-state index contributed by atoms with van der Waals surface area (Å²) >= 11 is 0. The van der Waals surface area contributed by atoms with Crippen LogP contribution in [0.25, 0.3) is 0 Å². The molecule has 1 aliphatic rings. The van der Waals surface area contributed by atoms with E-state index in [1.54, 1.807) is 6.20 Å². The van der Waals surface area contributed by atoms with Crippen LogP contribution >= 0.6 is 24.8 Å². The van der Waals surface area contributed by atoms with Crippen LogP contribution < -0.4 is 11.1 Å². The first-order valence-electron chi connectivity index (χ1n) is 7.65. The largest absolute Gasteiger partial charge is 0.330 e. The van der Waals surface area contributed by atoms with Crippen LogP contribution in [0.2, 0.25) is 0 Å². The predicted molar refractivity (Wildman–Crippen MR) is 98.6 cm³/mol. The quantitative estimate of drug-likeness (QED) is 0.839. The van der Waals surface area contributed by atoms with Gasteiger partial charge in [-0.1, -0.05) is 6.92 Å². The third-order valence-corrected chi connectivity index (χ3v) is 4.42. The lowest BCUT2D eigenvalue weighted by atomic mass is 9.90. The topological polar surface area (TPSA) is 76.2 Å². The van der Waals surface area contributed by atoms with Crippen molar-refractivity contribution in [1.29, 1.82) is 0 Å². The third-order valence-electron chi connectivity index (χ3n) is 4.42. The molecule has 0 radical (unpaired) electrons. The van der Waals surface area contributed by atoms with E-state index >= 15 is 0 Å². The summed E-state index contributed by atoms with van der Waals surface area (Å²) in [6, 6.07) is 1.89. The van der Waals surface area contributed by atoms with Crippen LogP contribution in [0.4, 0.5) is 5.82 Å². The number of nitrogens with zero attached hydrogens (tertiary/aromatic N) is 3. The molecule has 0 saturated carbocycles. The molecule has 3 N–H and O–H groups in total. The Bertz CT molecular complexity index is 508. The fourth-order valence-corrected chi connectivity index (χ4v) is 2.78. The lowest BCUT2D eigenvalue weighted by Gasteiger charge is -2.26. The molecule has 0 aromatic carbocycles. The number of hydrogen-bond donors (Lipinski definition) is 2. The average Bonchev–Trinajstić information content (AvgIpc) is 3.05. The second-order valence-corrected chi connectivity index (χ2v) is 6.66. The summed E-state index contributed by atoms with van der Waals surface area (Å²) in [6.45, 7) is 10.7. The Hall–Kier alpha value is -0.820. The number of hydrogen-bond acceptors (Lipinski definition) is 4. The smallest absolute Gasteiger partial charge is 0.242 e. The van der Waals surface area contributed by atoms with Crippen LogP contribution in [0.5, 0.6) is 0 Å². The van der Waals surface area contributed by atoms with Crippen molar-refractivity contribution in [3.05, 3.63) is 12.3 Å². The molecule has 1 aromatic rings. The number of carbonyl (C=O) groups is 1. The van der Waals surface area contributed by atoms with Crippen LogP contribution in [0.1, 0.15) is 40.2 Å². The Kier molecular flexibility index (Phi) is 8.56. The molecule has 0 bridgehead atoms. The van der Waals surface area contributed by atoms with Gasteiger partial charge in [0, 0.05) is 18.7 Å². The molecule has 8 heteroatoms. The second-order valence-electron chi connectivity index (χ2n) is 6.66. The van der Waals surface area contributed by atoms with Crippen LogP contribution in [0.15, 0.2) is 12.3 Å². The number of anilines is 1. The molecular weight excluding hydrogens is 337 g/mol. The minimum atomic E-state index is -0.158. The van der Waals surface area contributed by atoms with Crippen LogP contribution in [-0.2, 0) is 4.79 Å². The molecule has 2 heterocycles. The highest BCUT2D eigenvalue weighted by molar-refractivity contribution is 5.93. The normalized spacial score (nSPS) is 22.3. The summed E-state index contributed by atoms with van der Waals surface area (Å²) < 4.78 is 1.82. The number of carbonyl (C=O) groups excluding carboxylic acids is 1. The summed E-state index contributed by atoms with van der Waals surface area (Å²) in [7, 11) is 0. The number of aromatic nitrogens is 2. The van der Waals surface area contributed by atoms with E-state index in [0.717, 1.165) is 25.3 Å². The van der Waals surface area contributed by atoms with Crippen molar-refractivity contribution in [2.24, 2.45) is 11.1 Å². The minimum Gasteiger partial charge on any atom is -0.330 e. The molecule has 0 spiro atoms. The summed E-state index contributed by atoms with van der Waals surface area (Å²) in [6.07, 6.45) is 2.76. The first-order chi connectivity index (χ1) is 9.86. The summed E-state index contributed by atoms with van der Waals surface area (Å²) in [5.41, 5.74) is 5.96. The number of halogens is 2. The molecular formula is C15H29Cl2N5O. The maximum absolute atomic E-state index is 12.4. The zero-order valence-electron chi connectivity index (χ0n) is 14.3. The molecule has 0 aliphatic carbocycles. The van der Waals surface area contributed by atoms with Gasteiger partial charge in [0.2, 0.25) is 5.91 Å². The van der Waals surface area contributed by atoms with Gasteiger partial charge in [-0.05, 0) is 45.7 Å². The molecule has 1 amide bonds. The van der Waals surface area contributed by atoms with Crippen molar-refractivity contribution in [1.82, 2.24) is 14.7 Å². The van der Waals surface area contributed by atoms with Crippen molar-refractivity contribution in [3.63, 3.8) is 0 Å². The molecule has 6 nitrogen and oxygen atoms in total. The number of amides is 1. The van der Waals surface area contributed by atoms with Gasteiger partial charge in [0.1, 0.15) is 5.82 Å². The Morgan fingerprint density at radius 1 is 1.43 bits per heavy atom. The summed E-state index contributed by atoms with van der Waals surface area (Å²) in [4.78, 5) is 14.7. The molecule has 1 fully saturated rings. The molecule has 2 unspecified atom stereocenters. The SMILES string of the molecule is CC(C(=O)Nc1ccnn1C(C)C)N1CCC(C)(CN)C1.Cl.Cl. The van der Waals surface area contributed by atoms with Crippen molar-refractivity contribution < 1.29 is 4.79 Å². The van der Waals surface area contributed by atoms with E-state index in [-0.39, 0.29) is 48.2 Å². The van der Waals surface area contributed by atoms with E-state index in [1.165, 1.54) is 0 Å². The zero-order chi connectivity index (χ0) is 15.6. The van der Waals surface area contributed by atoms with Crippen molar-refractivity contribution in [3.8, 4) is 0 Å². The van der Waals surface area contributed by atoms with Crippen LogP contribution in [0, 0.1) is 5.41 Å². The highest BCUT2D eigenvalue weighted by atomic mass is 35.5. The van der Waals surface area contributed by atoms with Gasteiger partial charge in [-0.15, -0.1) is 24.8 Å². The highest BCUT2D eigenvalue weighted by Crippen LogP contribution is 2.30. The number of nitrogens with one attached hydrogen (secondary N) is 1. The Labute approximate surface area is 151 Å². The number of nitrogens with two attached hydrogens (primary N) is 1. The van der Waals surface area contributed by atoms with Gasteiger partial charge in [0.25, 0.3) is 0 Å². The third kappa shape index (κ3) is 5.08. The van der Waals surface area contributed by atoms with Crippen LogP contribution in [-0.4, -0.2) is 46.3 Å². The predicted octanol–water partition coefficient (Wildman–Crippen LogP) is 2.31. The van der Waals surface area contributed by atoms with Gasteiger partial charge in [0.05, 0.1) is 12.2 Å². The van der Waals surface area contributed by atoms with E-state index in [0.29, 0.717) is 6.54 Å². The molecule has 1 aromatic heterocycles. The average molecular weight is 366 g/mol. The van der Waals surface area contributed by atoms with Gasteiger partial charge in [0.15, 0.2) is 0 Å². The van der Waals surface area contributed by atoms with E-state index < -0.39 is 0 Å². The van der Waals surface area contributed by atoms with Gasteiger partial charge < -0.3 is 11.1 Å². The Morgan fingerprint density at radius 3 is 2.61 bits per heavy atom. The van der Waals surface area contributed by atoms with Crippen molar-refractivity contribution >= 4 is 36.5 Å². The van der Waals surface area contributed by atoms with Crippen molar-refractivity contribution in [2.75, 3.05) is 25.0 Å². The summed E-state index contributed by atoms with van der Waals surface area (Å²) in [5.74, 6) is 0.765. The minimum absolute atomic E-state index is 0. The standard InChI is InChI=1S/C15H27N5O.2ClH/c1-11(2)20-13(5-7-17-20)18-14(21)12(3)19-8-6-15(4,9-16)10-19;;/h5,7,11-12H,6,8-10,16H2,1-4H3,(H,18,21);2*1H. The van der Waals surface area contributed by atoms with Gasteiger partial charge >= 0.3 is 0 Å². The van der Waals surface area contributed by atoms with E-state index in [1.807, 2.05) is 31.5 Å². The molecule has 2 rings (SSSR count). The molecule has 1 saturated heterocycles. The number of rotatable bonds is 5. The van der Waals surface area contributed by atoms with Gasteiger partial charge in [-0.25, -0.2) is 4.68 Å². The summed E-state index contributed by atoms with van der Waals surface area (Å²) in [5, 5.41) is 7.22. The first-order valence-corrected chi connectivity index (χ1v) is 7.65. The fourth-order valence-electron chi connectivity index (χ4n) is 2.78. The lowest BCUT2D eigenvalue weighted by molar-refractivity contribution is -0.120. The Morgan fingerprint density at radius 2 is 2.09 bits per heavy atom. The van der Waals surface area contributed by atoms with Gasteiger partial charge in [-0.2, -0.15) is 5.10 Å².